The van der Waals surface area contributed by atoms with E-state index in [1.807, 2.05) is 5.32 Å². The molecule has 2 unspecified atom stereocenters. The number of carbonyl (C=O) groups is 18. The van der Waals surface area contributed by atoms with Crippen LogP contribution >= 0.6 is 0 Å². The van der Waals surface area contributed by atoms with Crippen molar-refractivity contribution >= 4 is 117 Å². The van der Waals surface area contributed by atoms with E-state index >= 15 is 0 Å². The van der Waals surface area contributed by atoms with E-state index in [0.29, 0.717) is 22.9 Å². The lowest BCUT2D eigenvalue weighted by Crippen LogP contribution is -2.59. The molecule has 2 aromatic rings. The maximum Gasteiger partial charge on any atom is 0.322 e. The molecule has 1 aromatic carbocycles. The quantitative estimate of drug-likeness (QED) is 0.0294. The Kier molecular flexibility index (Phi) is 34.9. The molecule has 1 aromatic heterocycles. The molecule has 0 bridgehead atoms. The number of carbonyl (C=O) groups excluding carboxylic acids is 16. The van der Waals surface area contributed by atoms with Crippen LogP contribution < -0.4 is 80.2 Å². The van der Waals surface area contributed by atoms with Gasteiger partial charge in [0.15, 0.2) is 0 Å². The highest BCUT2D eigenvalue weighted by atomic mass is 16.4. The Morgan fingerprint density at radius 3 is 1.48 bits per heavy atom. The van der Waals surface area contributed by atoms with E-state index in [1.54, 1.807) is 72.0 Å². The number of H-pyrrole nitrogens is 1. The Labute approximate surface area is 558 Å². The molecule has 0 saturated carbocycles. The zero-order chi connectivity index (χ0) is 73.4. The zero-order valence-corrected chi connectivity index (χ0v) is 55.7. The van der Waals surface area contributed by atoms with Gasteiger partial charge in [-0.25, -0.2) is 0 Å². The first-order valence-electron chi connectivity index (χ1n) is 31.0. The third-order valence-electron chi connectivity index (χ3n) is 14.5. The molecule has 16 amide bonds. The van der Waals surface area contributed by atoms with Gasteiger partial charge in [0, 0.05) is 49.3 Å². The van der Waals surface area contributed by atoms with Crippen LogP contribution in [0.1, 0.15) is 107 Å². The summed E-state index contributed by atoms with van der Waals surface area (Å²) in [5, 5.41) is 51.7. The predicted octanol–water partition coefficient (Wildman–Crippen LogP) is -6.48. The first-order valence-corrected chi connectivity index (χ1v) is 31.0. The number of amides is 16. The highest BCUT2D eigenvalue weighted by Crippen LogP contribution is 2.20. The summed E-state index contributed by atoms with van der Waals surface area (Å²) >= 11 is 0. The van der Waals surface area contributed by atoms with Crippen molar-refractivity contribution in [2.75, 3.05) is 45.8 Å². The van der Waals surface area contributed by atoms with Crippen LogP contribution in [0.2, 0.25) is 0 Å². The monoisotopic (exact) mass is 1370 g/mol. The number of fused-ring (bicyclic) bond motifs is 1. The van der Waals surface area contributed by atoms with Crippen LogP contribution in [0, 0.1) is 11.8 Å². The highest BCUT2D eigenvalue weighted by Gasteiger charge is 2.36. The van der Waals surface area contributed by atoms with Crippen LogP contribution in [0.5, 0.6) is 0 Å². The number of hydrogen-bond acceptors (Lipinski definition) is 18. The average Bonchev–Trinajstić information content (AvgIpc) is 1.79. The first kappa shape index (κ1) is 82.3. The number of aromatic amines is 1. The summed E-state index contributed by atoms with van der Waals surface area (Å²) in [7, 11) is 0. The summed E-state index contributed by atoms with van der Waals surface area (Å²) < 4.78 is 0. The molecule has 0 spiro atoms. The minimum absolute atomic E-state index is 0.151. The van der Waals surface area contributed by atoms with E-state index in [2.05, 4.69) is 74.1 Å². The van der Waals surface area contributed by atoms with Gasteiger partial charge in [0.1, 0.15) is 54.9 Å². The van der Waals surface area contributed by atoms with Crippen molar-refractivity contribution in [1.82, 2.24) is 84.3 Å². The minimum atomic E-state index is -1.59. The van der Waals surface area contributed by atoms with Gasteiger partial charge in [0.2, 0.25) is 94.5 Å². The summed E-state index contributed by atoms with van der Waals surface area (Å²) in [6, 6.07) is -4.32. The van der Waals surface area contributed by atoms with E-state index in [4.69, 9.17) is 10.8 Å². The molecule has 0 aliphatic heterocycles. The molecule has 97 heavy (non-hydrogen) atoms. The fourth-order valence-electron chi connectivity index (χ4n) is 9.18. The number of nitrogens with two attached hydrogens (primary N) is 1. The minimum Gasteiger partial charge on any atom is -0.481 e. The number of primary amides is 1. The van der Waals surface area contributed by atoms with Crippen LogP contribution in [-0.2, 0) is 92.7 Å². The van der Waals surface area contributed by atoms with Crippen LogP contribution in [0.4, 0.5) is 0 Å². The maximum atomic E-state index is 14.2. The Morgan fingerprint density at radius 1 is 0.474 bits per heavy atom. The fraction of sp³-hybridized carbons (Fsp3) is 0.567. The van der Waals surface area contributed by atoms with Crippen LogP contribution in [0.25, 0.3) is 10.9 Å². The van der Waals surface area contributed by atoms with E-state index in [0.717, 1.165) is 6.92 Å². The second-order valence-corrected chi connectivity index (χ2v) is 23.2. The Morgan fingerprint density at radius 2 is 0.938 bits per heavy atom. The van der Waals surface area contributed by atoms with Gasteiger partial charge >= 0.3 is 11.9 Å². The summed E-state index contributed by atoms with van der Waals surface area (Å²) in [5.74, 6) is -17.2. The molecule has 0 radical (unpaired) electrons. The number of benzene rings is 1. The molecule has 0 aliphatic carbocycles. The van der Waals surface area contributed by atoms with E-state index in [-0.39, 0.29) is 19.3 Å². The van der Waals surface area contributed by atoms with Crippen molar-refractivity contribution in [3.05, 3.63) is 36.0 Å². The number of carboxylic acids is 2. The number of nitrogens with zero attached hydrogens (tertiary/aromatic N) is 1. The molecule has 0 aliphatic rings. The molecule has 37 heteroatoms. The lowest BCUT2D eigenvalue weighted by molar-refractivity contribution is -0.144. The van der Waals surface area contributed by atoms with Crippen molar-refractivity contribution in [3.8, 4) is 0 Å². The summed E-state index contributed by atoms with van der Waals surface area (Å²) in [4.78, 5) is 234. The standard InChI is InChI=1S/C60H91N17O20/c1-11-31(6)51(76-47(84)26-67-56(93)39(17-19-49(86)87)74-46(83)25-66-53(90)32(7)70-54(91)33(8)71-58(95)40(73-35(10)78)16-18-42(61)79)59(96)72-34(9)55(92)75-41(20-36-21-62-38-15-13-12-14-37(36)38)57(94)69-27-48(85)77(30(4)5)52(29(2)3)60(97)68-24-45(82)64-22-43(80)63-23-44(81)65-28-50(88)89/h12-15,21,29-34,39-41,51-52,62H,11,16-20,22-28H2,1-10H3,(H2,61,79)(H,63,80)(H,64,82)(H,65,81)(H,66,90)(H,67,93)(H,68,97)(H,69,94)(H,70,91)(H,71,95)(H,72,96)(H,73,78)(H,74,83)(H,75,92)(H,76,84)(H,86,87)(H,88,89)/t31-,32-,33-,34-,39-,40-,41-,51?,52?/m0/s1. The zero-order valence-electron chi connectivity index (χ0n) is 55.7. The van der Waals surface area contributed by atoms with E-state index in [9.17, 15) is 91.4 Å². The maximum absolute atomic E-state index is 14.2. The Hall–Kier alpha value is -10.8. The molecule has 0 fully saturated rings. The van der Waals surface area contributed by atoms with Gasteiger partial charge in [-0.05, 0) is 70.9 Å². The van der Waals surface area contributed by atoms with Gasteiger partial charge in [-0.15, -0.1) is 0 Å². The Bertz CT molecular complexity index is 3210. The van der Waals surface area contributed by atoms with Crippen molar-refractivity contribution < 1.29 is 96.5 Å². The normalized spacial score (nSPS) is 13.6. The number of aromatic nitrogens is 1. The van der Waals surface area contributed by atoms with Gasteiger partial charge in [0.25, 0.3) is 0 Å². The number of hydrogen-bond donors (Lipinski definition) is 18. The fourth-order valence-corrected chi connectivity index (χ4v) is 9.18. The third kappa shape index (κ3) is 30.0. The van der Waals surface area contributed by atoms with Gasteiger partial charge in [-0.2, -0.15) is 0 Å². The van der Waals surface area contributed by atoms with Crippen molar-refractivity contribution in [2.24, 2.45) is 17.6 Å². The number of rotatable bonds is 42. The highest BCUT2D eigenvalue weighted by molar-refractivity contribution is 5.99. The third-order valence-corrected chi connectivity index (χ3v) is 14.5. The second-order valence-electron chi connectivity index (χ2n) is 23.2. The van der Waals surface area contributed by atoms with Crippen LogP contribution in [-0.4, -0.2) is 227 Å². The SMILES string of the molecule is CC[C@H](C)C(NC(=O)CNC(=O)[C@H](CCC(=O)O)NC(=O)CNC(=O)[C@H](C)NC(=O)[C@H](C)NC(=O)[C@H](CCC(N)=O)NC(C)=O)C(=O)N[C@@H](C)C(=O)N[C@@H](Cc1c[nH]c2ccccc12)C(=O)NCC(=O)N(C(C)C)C(C(=O)NCC(=O)NCC(=O)NCC(=O)NCC(=O)O)C(C)C. The smallest absolute Gasteiger partial charge is 0.322 e. The Balaban J connectivity index is 2.15. The largest absolute Gasteiger partial charge is 0.481 e. The lowest BCUT2D eigenvalue weighted by Gasteiger charge is -2.36. The molecular weight excluding hydrogens is 1280 g/mol. The molecule has 19 N–H and O–H groups in total. The topological polar surface area (TPSA) is 561 Å². The first-order chi connectivity index (χ1) is 45.4. The number of aliphatic carboxylic acids is 2. The lowest BCUT2D eigenvalue weighted by atomic mass is 9.98. The van der Waals surface area contributed by atoms with Crippen molar-refractivity contribution in [2.45, 2.75) is 162 Å². The van der Waals surface area contributed by atoms with E-state index in [1.165, 1.54) is 25.7 Å². The molecule has 536 valence electrons. The van der Waals surface area contributed by atoms with Gasteiger partial charge < -0.3 is 100 Å². The van der Waals surface area contributed by atoms with Crippen LogP contribution in [0.3, 0.4) is 0 Å². The summed E-state index contributed by atoms with van der Waals surface area (Å²) in [6.07, 6.45) is 0.208. The number of nitrogens with one attached hydrogen (secondary N) is 15. The second kappa shape index (κ2) is 41.1. The van der Waals surface area contributed by atoms with Gasteiger partial charge in [-0.3, -0.25) is 86.3 Å². The predicted molar refractivity (Wildman–Crippen MR) is 342 cm³/mol. The van der Waals surface area contributed by atoms with Crippen molar-refractivity contribution in [1.29, 1.82) is 0 Å². The van der Waals surface area contributed by atoms with Crippen molar-refractivity contribution in [3.63, 3.8) is 0 Å². The van der Waals surface area contributed by atoms with Crippen LogP contribution in [0.15, 0.2) is 30.5 Å². The van der Waals surface area contributed by atoms with E-state index < -0.39 is 231 Å². The van der Waals surface area contributed by atoms with Gasteiger partial charge in [0.05, 0.1) is 39.3 Å². The molecular formula is C60H91N17O20. The average molecular weight is 1370 g/mol. The summed E-state index contributed by atoms with van der Waals surface area (Å²) in [6.45, 7) is 9.98. The molecule has 1 heterocycles. The van der Waals surface area contributed by atoms with Gasteiger partial charge in [-0.1, -0.05) is 52.3 Å². The summed E-state index contributed by atoms with van der Waals surface area (Å²) in [5.41, 5.74) is 6.41. The molecule has 9 atom stereocenters. The molecule has 37 nitrogen and oxygen atoms in total. The number of para-hydroxylation sites is 1. The number of carboxylic acid groups (broad SMARTS) is 2. The molecule has 2 rings (SSSR count). The molecule has 0 saturated heterocycles.